The van der Waals surface area contributed by atoms with Crippen LogP contribution < -0.4 is 23.7 Å². The number of rotatable bonds is 7. The molecule has 0 bridgehead atoms. The van der Waals surface area contributed by atoms with E-state index in [4.69, 9.17) is 18.9 Å². The number of benzene rings is 2. The van der Waals surface area contributed by atoms with Gasteiger partial charge in [0.1, 0.15) is 11.5 Å². The fourth-order valence-electron chi connectivity index (χ4n) is 2.89. The highest BCUT2D eigenvalue weighted by atomic mass is 32.1. The van der Waals surface area contributed by atoms with Gasteiger partial charge in [0.25, 0.3) is 0 Å². The summed E-state index contributed by atoms with van der Waals surface area (Å²) in [5.41, 5.74) is 2.53. The molecule has 29 heavy (non-hydrogen) atoms. The first-order valence-corrected chi connectivity index (χ1v) is 9.65. The Hall–Kier alpha value is -3.26. The maximum atomic E-state index is 5.56. The minimum Gasteiger partial charge on any atom is -0.497 e. The number of thiazole rings is 1. The van der Waals surface area contributed by atoms with Gasteiger partial charge in [0.05, 0.1) is 40.3 Å². The van der Waals surface area contributed by atoms with Crippen molar-refractivity contribution in [1.29, 1.82) is 0 Å². The molecule has 0 aliphatic carbocycles. The predicted molar refractivity (Wildman–Crippen MR) is 115 cm³/mol. The molecule has 0 aliphatic heterocycles. The van der Waals surface area contributed by atoms with Gasteiger partial charge in [0.15, 0.2) is 11.5 Å². The van der Waals surface area contributed by atoms with E-state index in [1.165, 1.54) is 11.3 Å². The minimum atomic E-state index is 0.619. The lowest BCUT2D eigenvalue weighted by Gasteiger charge is -2.11. The fraction of sp³-hybridized carbons (Fsp3) is 0.238. The molecule has 0 radical (unpaired) electrons. The molecule has 2 aromatic carbocycles. The molecule has 0 spiro atoms. The lowest BCUT2D eigenvalue weighted by Crippen LogP contribution is -2.12. The molecule has 0 N–H and O–H groups in total. The number of methoxy groups -OCH3 is 4. The van der Waals surface area contributed by atoms with Gasteiger partial charge in [-0.15, -0.1) is 11.3 Å². The molecule has 152 valence electrons. The standard InChI is InChI=1S/C21H23N3O4S/c1-22-21-24(23-12-14-7-6-8-18(26-3)20(14)28-5)17(13-29-21)16-10-9-15(25-2)11-19(16)27-4/h6-13H,1-5H3. The Balaban J connectivity index is 2.11. The lowest BCUT2D eigenvalue weighted by atomic mass is 10.1. The first kappa shape index (κ1) is 20.5. The molecular formula is C21H23N3O4S. The Bertz CT molecular complexity index is 1090. The molecular weight excluding hydrogens is 390 g/mol. The minimum absolute atomic E-state index is 0.619. The van der Waals surface area contributed by atoms with Crippen LogP contribution in [0.1, 0.15) is 5.56 Å². The predicted octanol–water partition coefficient (Wildman–Crippen LogP) is 3.66. The highest BCUT2D eigenvalue weighted by Crippen LogP contribution is 2.34. The van der Waals surface area contributed by atoms with Crippen LogP contribution in [0.4, 0.5) is 0 Å². The van der Waals surface area contributed by atoms with E-state index in [9.17, 15) is 0 Å². The van der Waals surface area contributed by atoms with E-state index in [0.29, 0.717) is 17.2 Å². The molecule has 1 heterocycles. The molecule has 0 saturated heterocycles. The monoisotopic (exact) mass is 413 g/mol. The van der Waals surface area contributed by atoms with Crippen LogP contribution in [0.2, 0.25) is 0 Å². The third-order valence-corrected chi connectivity index (χ3v) is 5.21. The van der Waals surface area contributed by atoms with Crippen molar-refractivity contribution in [3.63, 3.8) is 0 Å². The zero-order chi connectivity index (χ0) is 20.8. The zero-order valence-electron chi connectivity index (χ0n) is 17.0. The quantitative estimate of drug-likeness (QED) is 0.555. The second-order valence-electron chi connectivity index (χ2n) is 5.83. The van der Waals surface area contributed by atoms with Crippen molar-refractivity contribution in [2.45, 2.75) is 0 Å². The normalized spacial score (nSPS) is 11.7. The summed E-state index contributed by atoms with van der Waals surface area (Å²) in [6.45, 7) is 0. The number of aromatic nitrogens is 1. The van der Waals surface area contributed by atoms with Gasteiger partial charge in [-0.05, 0) is 24.3 Å². The summed E-state index contributed by atoms with van der Waals surface area (Å²) in [5.74, 6) is 2.67. The van der Waals surface area contributed by atoms with Gasteiger partial charge in [-0.2, -0.15) is 5.10 Å². The van der Waals surface area contributed by atoms with Gasteiger partial charge < -0.3 is 18.9 Å². The molecule has 0 fully saturated rings. The van der Waals surface area contributed by atoms with Crippen molar-refractivity contribution in [2.24, 2.45) is 10.1 Å². The summed E-state index contributed by atoms with van der Waals surface area (Å²) in [6.07, 6.45) is 1.72. The van der Waals surface area contributed by atoms with Crippen LogP contribution in [0.3, 0.4) is 0 Å². The second-order valence-corrected chi connectivity index (χ2v) is 6.67. The largest absolute Gasteiger partial charge is 0.497 e. The number of nitrogens with zero attached hydrogens (tertiary/aromatic N) is 3. The molecule has 7 nitrogen and oxygen atoms in total. The topological polar surface area (TPSA) is 66.6 Å². The SMILES string of the molecule is CN=c1scc(-c2ccc(OC)cc2OC)n1N=Cc1cccc(OC)c1OC. The van der Waals surface area contributed by atoms with Crippen molar-refractivity contribution < 1.29 is 18.9 Å². The van der Waals surface area contributed by atoms with Gasteiger partial charge in [0.2, 0.25) is 4.80 Å². The van der Waals surface area contributed by atoms with E-state index < -0.39 is 0 Å². The van der Waals surface area contributed by atoms with Crippen LogP contribution in [0.25, 0.3) is 11.3 Å². The Labute approximate surface area is 173 Å². The summed E-state index contributed by atoms with van der Waals surface area (Å²) in [4.78, 5) is 5.09. The number of hydrogen-bond acceptors (Lipinski definition) is 7. The maximum absolute atomic E-state index is 5.56. The van der Waals surface area contributed by atoms with E-state index in [2.05, 4.69) is 10.1 Å². The van der Waals surface area contributed by atoms with Crippen LogP contribution in [0.5, 0.6) is 23.0 Å². The first-order valence-electron chi connectivity index (χ1n) is 8.77. The fourth-order valence-corrected chi connectivity index (χ4v) is 3.69. The third-order valence-electron chi connectivity index (χ3n) is 4.31. The maximum Gasteiger partial charge on any atom is 0.205 e. The smallest absolute Gasteiger partial charge is 0.205 e. The van der Waals surface area contributed by atoms with E-state index >= 15 is 0 Å². The average Bonchev–Trinajstić information content (AvgIpc) is 3.19. The molecule has 0 unspecified atom stereocenters. The van der Waals surface area contributed by atoms with E-state index in [0.717, 1.165) is 27.4 Å². The Morgan fingerprint density at radius 3 is 2.38 bits per heavy atom. The molecule has 8 heteroatoms. The van der Waals surface area contributed by atoms with Crippen molar-refractivity contribution in [3.05, 3.63) is 52.1 Å². The highest BCUT2D eigenvalue weighted by molar-refractivity contribution is 7.07. The Morgan fingerprint density at radius 1 is 0.931 bits per heavy atom. The molecule has 0 amide bonds. The van der Waals surface area contributed by atoms with Crippen molar-refractivity contribution >= 4 is 17.6 Å². The van der Waals surface area contributed by atoms with Crippen molar-refractivity contribution in [3.8, 4) is 34.3 Å². The van der Waals surface area contributed by atoms with Gasteiger partial charge in [-0.3, -0.25) is 4.99 Å². The van der Waals surface area contributed by atoms with E-state index in [1.54, 1.807) is 46.4 Å². The summed E-state index contributed by atoms with van der Waals surface area (Å²) in [6, 6.07) is 11.3. The van der Waals surface area contributed by atoms with Crippen LogP contribution >= 0.6 is 11.3 Å². The number of ether oxygens (including phenoxy) is 4. The third kappa shape index (κ3) is 4.12. The van der Waals surface area contributed by atoms with Crippen molar-refractivity contribution in [1.82, 2.24) is 4.68 Å². The van der Waals surface area contributed by atoms with Gasteiger partial charge >= 0.3 is 0 Å². The van der Waals surface area contributed by atoms with Gasteiger partial charge in [-0.25, -0.2) is 4.68 Å². The van der Waals surface area contributed by atoms with Crippen LogP contribution in [-0.2, 0) is 0 Å². The summed E-state index contributed by atoms with van der Waals surface area (Å²) < 4.78 is 23.5. The van der Waals surface area contributed by atoms with Crippen LogP contribution in [0, 0.1) is 0 Å². The van der Waals surface area contributed by atoms with E-state index in [1.807, 2.05) is 41.8 Å². The van der Waals surface area contributed by atoms with Crippen LogP contribution in [-0.4, -0.2) is 46.4 Å². The average molecular weight is 413 g/mol. The molecule has 3 rings (SSSR count). The molecule has 0 saturated carbocycles. The van der Waals surface area contributed by atoms with Crippen LogP contribution in [0.15, 0.2) is 51.9 Å². The molecule has 3 aromatic rings. The Morgan fingerprint density at radius 2 is 1.72 bits per heavy atom. The van der Waals surface area contributed by atoms with E-state index in [-0.39, 0.29) is 0 Å². The Kier molecular flexibility index (Phi) is 6.56. The van der Waals surface area contributed by atoms with Gasteiger partial charge in [0, 0.05) is 29.6 Å². The highest BCUT2D eigenvalue weighted by Gasteiger charge is 2.14. The zero-order valence-corrected chi connectivity index (χ0v) is 17.8. The number of hydrogen-bond donors (Lipinski definition) is 0. The summed E-state index contributed by atoms with van der Waals surface area (Å²) in [5, 5.41) is 6.66. The molecule has 0 aliphatic rings. The second kappa shape index (κ2) is 9.29. The number of para-hydroxylation sites is 1. The lowest BCUT2D eigenvalue weighted by molar-refractivity contribution is 0.354. The first-order chi connectivity index (χ1) is 14.2. The molecule has 1 aromatic heterocycles. The van der Waals surface area contributed by atoms with Gasteiger partial charge in [-0.1, -0.05) is 6.07 Å². The summed E-state index contributed by atoms with van der Waals surface area (Å²) >= 11 is 1.49. The van der Waals surface area contributed by atoms with Crippen molar-refractivity contribution in [2.75, 3.05) is 35.5 Å². The summed E-state index contributed by atoms with van der Waals surface area (Å²) in [7, 11) is 8.20. The molecule has 0 atom stereocenters.